The number of hydrogen-bond acceptors (Lipinski definition) is 3. The molecule has 0 aliphatic carbocycles. The lowest BCUT2D eigenvalue weighted by Crippen LogP contribution is -2.44. The summed E-state index contributed by atoms with van der Waals surface area (Å²) in [6.45, 7) is 8.78. The molecule has 0 saturated carbocycles. The standard InChI is InChI=1S/C13H21NO2/c1-6-13(5)8-7-9-14(13)10-11(15)16-12(2,3)4/h1H,7-10H2,2-5H3/t13-/m0/s1. The number of carbonyl (C=O) groups excluding carboxylic acids is 1. The number of carbonyl (C=O) groups is 1. The summed E-state index contributed by atoms with van der Waals surface area (Å²) in [4.78, 5) is 13.7. The first-order valence-corrected chi connectivity index (χ1v) is 5.71. The van der Waals surface area contributed by atoms with Gasteiger partial charge in [0.05, 0.1) is 12.1 Å². The molecule has 0 unspecified atom stereocenters. The molecular weight excluding hydrogens is 202 g/mol. The second kappa shape index (κ2) is 4.47. The molecule has 0 amide bonds. The Morgan fingerprint density at radius 1 is 1.56 bits per heavy atom. The zero-order chi connectivity index (χ0) is 12.4. The van der Waals surface area contributed by atoms with Crippen molar-refractivity contribution >= 4 is 5.97 Å². The lowest BCUT2D eigenvalue weighted by molar-refractivity contribution is -0.156. The first-order valence-electron chi connectivity index (χ1n) is 5.71. The van der Waals surface area contributed by atoms with Crippen molar-refractivity contribution in [2.24, 2.45) is 0 Å². The number of terminal acetylenes is 1. The molecule has 0 aromatic carbocycles. The van der Waals surface area contributed by atoms with Gasteiger partial charge in [0.2, 0.25) is 0 Å². The number of esters is 1. The van der Waals surface area contributed by atoms with Crippen LogP contribution in [-0.4, -0.2) is 35.1 Å². The molecule has 16 heavy (non-hydrogen) atoms. The Balaban J connectivity index is 2.55. The fraction of sp³-hybridized carbons (Fsp3) is 0.769. The SMILES string of the molecule is C#C[C@@]1(C)CCCN1CC(=O)OC(C)(C)C. The smallest absolute Gasteiger partial charge is 0.320 e. The van der Waals surface area contributed by atoms with E-state index in [1.807, 2.05) is 32.6 Å². The summed E-state index contributed by atoms with van der Waals surface area (Å²) >= 11 is 0. The molecule has 0 N–H and O–H groups in total. The Kier molecular flexibility index (Phi) is 3.64. The maximum atomic E-state index is 11.7. The van der Waals surface area contributed by atoms with Crippen molar-refractivity contribution in [3.05, 3.63) is 0 Å². The predicted molar refractivity (Wildman–Crippen MR) is 63.9 cm³/mol. The molecule has 3 nitrogen and oxygen atoms in total. The molecule has 1 aliphatic heterocycles. The highest BCUT2D eigenvalue weighted by atomic mass is 16.6. The van der Waals surface area contributed by atoms with Gasteiger partial charge in [-0.1, -0.05) is 5.92 Å². The molecule has 0 aromatic heterocycles. The molecule has 0 bridgehead atoms. The first kappa shape index (κ1) is 13.1. The minimum atomic E-state index is -0.427. The molecule has 1 aliphatic rings. The van der Waals surface area contributed by atoms with Crippen LogP contribution in [0.2, 0.25) is 0 Å². The summed E-state index contributed by atoms with van der Waals surface area (Å²) in [6, 6.07) is 0. The summed E-state index contributed by atoms with van der Waals surface area (Å²) in [6.07, 6.45) is 7.51. The zero-order valence-electron chi connectivity index (χ0n) is 10.7. The van der Waals surface area contributed by atoms with Gasteiger partial charge in [-0.15, -0.1) is 6.42 Å². The molecule has 1 rings (SSSR count). The second-order valence-electron chi connectivity index (χ2n) is 5.53. The molecule has 1 atom stereocenters. The van der Waals surface area contributed by atoms with Crippen LogP contribution < -0.4 is 0 Å². The number of rotatable bonds is 2. The van der Waals surface area contributed by atoms with Gasteiger partial charge in [0.25, 0.3) is 0 Å². The molecule has 1 saturated heterocycles. The van der Waals surface area contributed by atoms with Crippen LogP contribution in [0, 0.1) is 12.3 Å². The maximum absolute atomic E-state index is 11.7. The summed E-state index contributed by atoms with van der Waals surface area (Å²) in [5, 5.41) is 0. The van der Waals surface area contributed by atoms with Crippen LogP contribution in [0.4, 0.5) is 0 Å². The number of nitrogens with zero attached hydrogens (tertiary/aromatic N) is 1. The first-order chi connectivity index (χ1) is 7.27. The summed E-state index contributed by atoms with van der Waals surface area (Å²) in [5.74, 6) is 2.58. The van der Waals surface area contributed by atoms with E-state index in [0.29, 0.717) is 0 Å². The van der Waals surface area contributed by atoms with Crippen molar-refractivity contribution in [2.75, 3.05) is 13.1 Å². The quantitative estimate of drug-likeness (QED) is 0.528. The van der Waals surface area contributed by atoms with Gasteiger partial charge in [-0.3, -0.25) is 9.69 Å². The van der Waals surface area contributed by atoms with Crippen molar-refractivity contribution in [2.45, 2.75) is 51.7 Å². The Morgan fingerprint density at radius 2 is 2.19 bits per heavy atom. The number of hydrogen-bond donors (Lipinski definition) is 0. The highest BCUT2D eigenvalue weighted by molar-refractivity contribution is 5.72. The Morgan fingerprint density at radius 3 is 2.69 bits per heavy atom. The molecule has 1 heterocycles. The van der Waals surface area contributed by atoms with Gasteiger partial charge in [0, 0.05) is 6.54 Å². The van der Waals surface area contributed by atoms with Gasteiger partial charge >= 0.3 is 5.97 Å². The van der Waals surface area contributed by atoms with E-state index in [9.17, 15) is 4.79 Å². The van der Waals surface area contributed by atoms with Crippen molar-refractivity contribution in [1.29, 1.82) is 0 Å². The highest BCUT2D eigenvalue weighted by Crippen LogP contribution is 2.27. The third-order valence-corrected chi connectivity index (χ3v) is 2.84. The summed E-state index contributed by atoms with van der Waals surface area (Å²) in [7, 11) is 0. The van der Waals surface area contributed by atoms with Gasteiger partial charge in [-0.2, -0.15) is 0 Å². The van der Waals surface area contributed by atoms with Crippen LogP contribution in [0.25, 0.3) is 0 Å². The molecule has 0 spiro atoms. The van der Waals surface area contributed by atoms with Crippen LogP contribution in [0.5, 0.6) is 0 Å². The van der Waals surface area contributed by atoms with Gasteiger partial charge in [-0.25, -0.2) is 0 Å². The minimum Gasteiger partial charge on any atom is -0.459 e. The average Bonchev–Trinajstić information content (AvgIpc) is 2.45. The van der Waals surface area contributed by atoms with Gasteiger partial charge in [0.1, 0.15) is 5.60 Å². The van der Waals surface area contributed by atoms with Crippen LogP contribution in [0.3, 0.4) is 0 Å². The van der Waals surface area contributed by atoms with E-state index in [2.05, 4.69) is 5.92 Å². The zero-order valence-corrected chi connectivity index (χ0v) is 10.7. The molecule has 90 valence electrons. The normalized spacial score (nSPS) is 26.4. The summed E-state index contributed by atoms with van der Waals surface area (Å²) in [5.41, 5.74) is -0.708. The van der Waals surface area contributed by atoms with Crippen LogP contribution >= 0.6 is 0 Å². The lowest BCUT2D eigenvalue weighted by atomic mass is 10.0. The Labute approximate surface area is 98.1 Å². The molecule has 1 fully saturated rings. The van der Waals surface area contributed by atoms with E-state index in [0.717, 1.165) is 19.4 Å². The van der Waals surface area contributed by atoms with E-state index in [4.69, 9.17) is 11.2 Å². The topological polar surface area (TPSA) is 29.5 Å². The molecule has 0 aromatic rings. The minimum absolute atomic E-state index is 0.198. The Hall–Kier alpha value is -1.01. The summed E-state index contributed by atoms with van der Waals surface area (Å²) < 4.78 is 5.29. The molecular formula is C13H21NO2. The fourth-order valence-corrected chi connectivity index (χ4v) is 1.97. The van der Waals surface area contributed by atoms with Crippen LogP contribution in [0.1, 0.15) is 40.5 Å². The van der Waals surface area contributed by atoms with Crippen molar-refractivity contribution < 1.29 is 9.53 Å². The largest absolute Gasteiger partial charge is 0.459 e. The van der Waals surface area contributed by atoms with E-state index < -0.39 is 5.60 Å². The van der Waals surface area contributed by atoms with Crippen molar-refractivity contribution in [3.8, 4) is 12.3 Å². The van der Waals surface area contributed by atoms with Gasteiger partial charge < -0.3 is 4.74 Å². The Bertz CT molecular complexity index is 311. The molecule has 3 heteroatoms. The van der Waals surface area contributed by atoms with E-state index >= 15 is 0 Å². The third kappa shape index (κ3) is 3.24. The van der Waals surface area contributed by atoms with E-state index in [1.54, 1.807) is 0 Å². The second-order valence-corrected chi connectivity index (χ2v) is 5.53. The van der Waals surface area contributed by atoms with Crippen molar-refractivity contribution in [3.63, 3.8) is 0 Å². The number of likely N-dealkylation sites (tertiary alicyclic amines) is 1. The molecule has 0 radical (unpaired) electrons. The third-order valence-electron chi connectivity index (χ3n) is 2.84. The van der Waals surface area contributed by atoms with E-state index in [1.165, 1.54) is 0 Å². The van der Waals surface area contributed by atoms with Crippen molar-refractivity contribution in [1.82, 2.24) is 4.90 Å². The predicted octanol–water partition coefficient (Wildman–Crippen LogP) is 1.82. The maximum Gasteiger partial charge on any atom is 0.320 e. The van der Waals surface area contributed by atoms with E-state index in [-0.39, 0.29) is 18.1 Å². The fourth-order valence-electron chi connectivity index (χ4n) is 1.97. The highest BCUT2D eigenvalue weighted by Gasteiger charge is 2.36. The monoisotopic (exact) mass is 223 g/mol. The van der Waals surface area contributed by atoms with Crippen LogP contribution in [-0.2, 0) is 9.53 Å². The average molecular weight is 223 g/mol. The van der Waals surface area contributed by atoms with Gasteiger partial charge in [0.15, 0.2) is 0 Å². The van der Waals surface area contributed by atoms with Gasteiger partial charge in [-0.05, 0) is 40.5 Å². The van der Waals surface area contributed by atoms with Crippen LogP contribution in [0.15, 0.2) is 0 Å². The number of ether oxygens (including phenoxy) is 1. The lowest BCUT2D eigenvalue weighted by Gasteiger charge is -2.30.